The van der Waals surface area contributed by atoms with Crippen molar-refractivity contribution < 1.29 is 9.53 Å². The number of anilines is 1. The summed E-state index contributed by atoms with van der Waals surface area (Å²) in [6.45, 7) is 4.08. The fourth-order valence-corrected chi connectivity index (χ4v) is 4.99. The zero-order chi connectivity index (χ0) is 20.1. The van der Waals surface area contributed by atoms with Gasteiger partial charge in [0.05, 0.1) is 23.0 Å². The van der Waals surface area contributed by atoms with E-state index in [0.717, 1.165) is 38.2 Å². The van der Waals surface area contributed by atoms with Gasteiger partial charge in [0.1, 0.15) is 11.6 Å². The van der Waals surface area contributed by atoms with E-state index in [4.69, 9.17) is 14.8 Å². The van der Waals surface area contributed by atoms with Gasteiger partial charge >= 0.3 is 0 Å². The molecular formula is C22H20N4O2S. The van der Waals surface area contributed by atoms with E-state index in [1.165, 1.54) is 22.5 Å². The van der Waals surface area contributed by atoms with E-state index < -0.39 is 0 Å². The van der Waals surface area contributed by atoms with E-state index >= 15 is 0 Å². The lowest BCUT2D eigenvalue weighted by Gasteiger charge is -2.25. The van der Waals surface area contributed by atoms with Gasteiger partial charge in [-0.2, -0.15) is 9.78 Å². The van der Waals surface area contributed by atoms with Crippen molar-refractivity contribution in [2.24, 2.45) is 0 Å². The van der Waals surface area contributed by atoms with Crippen molar-refractivity contribution >= 4 is 33.3 Å². The molecule has 0 spiro atoms. The molecule has 2 aromatic carbocycles. The van der Waals surface area contributed by atoms with E-state index in [9.17, 15) is 4.79 Å². The Morgan fingerprint density at radius 1 is 1.21 bits per heavy atom. The number of carbonyl (C=O) groups excluding carboxylic acids is 1. The number of benzene rings is 2. The molecule has 1 aliphatic rings. The van der Waals surface area contributed by atoms with Crippen molar-refractivity contribution in [1.29, 1.82) is 0 Å². The van der Waals surface area contributed by atoms with Gasteiger partial charge in [-0.05, 0) is 43.2 Å². The molecule has 7 heteroatoms. The molecule has 0 bridgehead atoms. The first-order chi connectivity index (χ1) is 14.0. The topological polar surface area (TPSA) is 69.0 Å². The summed E-state index contributed by atoms with van der Waals surface area (Å²) < 4.78 is 8.10. The van der Waals surface area contributed by atoms with Crippen molar-refractivity contribution in [3.8, 4) is 10.9 Å². The summed E-state index contributed by atoms with van der Waals surface area (Å²) in [6, 6.07) is 14.0. The van der Waals surface area contributed by atoms with Gasteiger partial charge in [-0.25, -0.2) is 4.98 Å². The Hall–Kier alpha value is -3.19. The molecule has 146 valence electrons. The van der Waals surface area contributed by atoms with Crippen LogP contribution in [0.15, 0.2) is 42.5 Å². The number of aryl methyl sites for hydroxylation is 2. The fourth-order valence-electron chi connectivity index (χ4n) is 4.04. The van der Waals surface area contributed by atoms with Crippen molar-refractivity contribution in [3.05, 3.63) is 64.8 Å². The van der Waals surface area contributed by atoms with Gasteiger partial charge in [-0.15, -0.1) is 0 Å². The van der Waals surface area contributed by atoms with Crippen molar-refractivity contribution in [2.45, 2.75) is 26.2 Å². The number of hydrogen-bond acceptors (Lipinski definition) is 5. The molecule has 1 unspecified atom stereocenters. The van der Waals surface area contributed by atoms with E-state index in [2.05, 4.69) is 24.4 Å². The van der Waals surface area contributed by atoms with Crippen LogP contribution >= 0.6 is 11.3 Å². The third-order valence-corrected chi connectivity index (χ3v) is 6.43. The molecule has 0 fully saturated rings. The van der Waals surface area contributed by atoms with Gasteiger partial charge in [-0.1, -0.05) is 35.6 Å². The predicted octanol–water partition coefficient (Wildman–Crippen LogP) is 4.58. The minimum Gasteiger partial charge on any atom is -0.497 e. The van der Waals surface area contributed by atoms with Crippen LogP contribution in [0, 0.1) is 13.8 Å². The number of nitrogens with zero attached hydrogens (tertiary/aromatic N) is 3. The maximum atomic E-state index is 12.6. The van der Waals surface area contributed by atoms with Gasteiger partial charge in [-0.3, -0.25) is 4.79 Å². The molecule has 0 aliphatic carbocycles. The van der Waals surface area contributed by atoms with E-state index in [1.807, 2.05) is 37.3 Å². The molecule has 4 aromatic rings. The van der Waals surface area contributed by atoms with Crippen LogP contribution in [0.1, 0.15) is 34.7 Å². The highest BCUT2D eigenvalue weighted by Gasteiger charge is 2.33. The number of fused-ring (bicyclic) bond motifs is 2. The van der Waals surface area contributed by atoms with Crippen LogP contribution in [0.25, 0.3) is 15.3 Å². The second kappa shape index (κ2) is 6.70. The molecule has 1 aliphatic heterocycles. The average molecular weight is 404 g/mol. The Kier molecular flexibility index (Phi) is 4.13. The number of aromatic nitrogens is 3. The molecule has 1 N–H and O–H groups in total. The molecule has 0 saturated carbocycles. The summed E-state index contributed by atoms with van der Waals surface area (Å²) in [5, 5.41) is 8.52. The number of rotatable bonds is 3. The third kappa shape index (κ3) is 2.89. The minimum atomic E-state index is -0.0110. The van der Waals surface area contributed by atoms with Gasteiger partial charge in [0.25, 0.3) is 0 Å². The van der Waals surface area contributed by atoms with Crippen molar-refractivity contribution in [2.75, 3.05) is 12.4 Å². The lowest BCUT2D eigenvalue weighted by molar-refractivity contribution is -0.116. The summed E-state index contributed by atoms with van der Waals surface area (Å²) >= 11 is 1.53. The number of hydrogen-bond donors (Lipinski definition) is 1. The Labute approximate surface area is 172 Å². The SMILES string of the molecule is COc1ccc2nc(-n3nc(C)c4c3NC(=O)CC4c3ccccc3C)sc2c1. The van der Waals surface area contributed by atoms with Crippen molar-refractivity contribution in [1.82, 2.24) is 14.8 Å². The van der Waals surface area contributed by atoms with Gasteiger partial charge in [0, 0.05) is 17.9 Å². The highest BCUT2D eigenvalue weighted by atomic mass is 32.1. The Morgan fingerprint density at radius 2 is 2.03 bits per heavy atom. The molecule has 5 rings (SSSR count). The first kappa shape index (κ1) is 17.9. The zero-order valence-corrected chi connectivity index (χ0v) is 17.2. The Morgan fingerprint density at radius 3 is 2.83 bits per heavy atom. The number of amides is 1. The van der Waals surface area contributed by atoms with Crippen LogP contribution in [-0.2, 0) is 4.79 Å². The van der Waals surface area contributed by atoms with E-state index in [0.29, 0.717) is 6.42 Å². The van der Waals surface area contributed by atoms with Crippen LogP contribution < -0.4 is 10.1 Å². The summed E-state index contributed by atoms with van der Waals surface area (Å²) in [5.74, 6) is 1.50. The normalized spacial score (nSPS) is 16.0. The molecule has 0 saturated heterocycles. The first-order valence-electron chi connectivity index (χ1n) is 9.45. The average Bonchev–Trinajstić information content (AvgIpc) is 3.28. The standard InChI is InChI=1S/C22H20N4O2S/c1-12-6-4-5-7-15(12)16-11-19(27)24-21-20(16)13(2)25-26(21)22-23-17-9-8-14(28-3)10-18(17)29-22/h4-10,16H,11H2,1-3H3,(H,24,27). The summed E-state index contributed by atoms with van der Waals surface area (Å²) in [5.41, 5.74) is 5.20. The fraction of sp³-hybridized carbons (Fsp3) is 0.227. The highest BCUT2D eigenvalue weighted by molar-refractivity contribution is 7.20. The third-order valence-electron chi connectivity index (χ3n) is 5.43. The molecule has 6 nitrogen and oxygen atoms in total. The second-order valence-corrected chi connectivity index (χ2v) is 8.26. The lowest BCUT2D eigenvalue weighted by atomic mass is 9.84. The van der Waals surface area contributed by atoms with Crippen LogP contribution in [0.4, 0.5) is 5.82 Å². The smallest absolute Gasteiger partial charge is 0.226 e. The molecule has 3 heterocycles. The molecule has 29 heavy (non-hydrogen) atoms. The molecule has 0 radical (unpaired) electrons. The van der Waals surface area contributed by atoms with Crippen LogP contribution in [-0.4, -0.2) is 27.8 Å². The summed E-state index contributed by atoms with van der Waals surface area (Å²) in [7, 11) is 1.65. The van der Waals surface area contributed by atoms with E-state index in [-0.39, 0.29) is 11.8 Å². The van der Waals surface area contributed by atoms with Crippen molar-refractivity contribution in [3.63, 3.8) is 0 Å². The Balaban J connectivity index is 1.67. The van der Waals surface area contributed by atoms with Gasteiger partial charge < -0.3 is 10.1 Å². The molecule has 1 atom stereocenters. The number of ether oxygens (including phenoxy) is 1. The lowest BCUT2D eigenvalue weighted by Crippen LogP contribution is -2.25. The predicted molar refractivity (Wildman–Crippen MR) is 114 cm³/mol. The van der Waals surface area contributed by atoms with Crippen LogP contribution in [0.5, 0.6) is 5.75 Å². The highest BCUT2D eigenvalue weighted by Crippen LogP contribution is 2.42. The van der Waals surface area contributed by atoms with Crippen LogP contribution in [0.3, 0.4) is 0 Å². The number of methoxy groups -OCH3 is 1. The molecule has 2 aromatic heterocycles. The van der Waals surface area contributed by atoms with Gasteiger partial charge in [0.2, 0.25) is 11.0 Å². The van der Waals surface area contributed by atoms with Crippen LogP contribution in [0.2, 0.25) is 0 Å². The first-order valence-corrected chi connectivity index (χ1v) is 10.3. The molecular weight excluding hydrogens is 384 g/mol. The maximum Gasteiger partial charge on any atom is 0.226 e. The number of carbonyl (C=O) groups is 1. The largest absolute Gasteiger partial charge is 0.497 e. The Bertz CT molecular complexity index is 1260. The second-order valence-electron chi connectivity index (χ2n) is 7.25. The molecule has 1 amide bonds. The maximum absolute atomic E-state index is 12.6. The number of nitrogens with one attached hydrogen (secondary N) is 1. The minimum absolute atomic E-state index is 0.00492. The quantitative estimate of drug-likeness (QED) is 0.543. The summed E-state index contributed by atoms with van der Waals surface area (Å²) in [4.78, 5) is 17.3. The summed E-state index contributed by atoms with van der Waals surface area (Å²) in [6.07, 6.45) is 0.418. The number of thiazole rings is 1. The van der Waals surface area contributed by atoms with Gasteiger partial charge in [0.15, 0.2) is 0 Å². The zero-order valence-electron chi connectivity index (χ0n) is 16.4. The monoisotopic (exact) mass is 404 g/mol. The van der Waals surface area contributed by atoms with E-state index in [1.54, 1.807) is 11.8 Å².